The monoisotopic (exact) mass is 337 g/mol. The van der Waals surface area contributed by atoms with Gasteiger partial charge in [0.1, 0.15) is 0 Å². The Labute approximate surface area is 129 Å². The molecule has 0 unspecified atom stereocenters. The van der Waals surface area contributed by atoms with Gasteiger partial charge in [-0.15, -0.1) is 0 Å². The average Bonchev–Trinajstić information content (AvgIpc) is 2.95. The van der Waals surface area contributed by atoms with Crippen molar-refractivity contribution in [1.82, 2.24) is 15.3 Å². The molecule has 3 N–H and O–H groups in total. The Morgan fingerprint density at radius 3 is 2.74 bits per heavy atom. The maximum atomic E-state index is 12.3. The number of nitrogens with one attached hydrogen (secondary N) is 3. The second-order valence-electron chi connectivity index (χ2n) is 4.77. The number of nitrogens with zero attached hydrogens (tertiary/aromatic N) is 2. The fraction of sp³-hybridized carbons (Fsp3) is 0.167. The molecule has 0 amide bonds. The van der Waals surface area contributed by atoms with Crippen LogP contribution in [0, 0.1) is 10.1 Å². The molecule has 0 saturated heterocycles. The van der Waals surface area contributed by atoms with Crippen molar-refractivity contribution in [2.45, 2.75) is 18.0 Å². The lowest BCUT2D eigenvalue weighted by Gasteiger charge is -2.08. The molecular weight excluding hydrogens is 326 g/mol. The zero-order valence-electron chi connectivity index (χ0n) is 11.6. The molecule has 1 aliphatic rings. The number of anilines is 1. The third-order valence-electron chi connectivity index (χ3n) is 3.28. The van der Waals surface area contributed by atoms with Crippen LogP contribution in [0.2, 0.25) is 0 Å². The highest BCUT2D eigenvalue weighted by Gasteiger charge is 2.26. The van der Waals surface area contributed by atoms with Crippen molar-refractivity contribution in [1.29, 1.82) is 0 Å². The highest BCUT2D eigenvalue weighted by molar-refractivity contribution is 7.92. The number of H-pyrrole nitrogens is 1. The smallest absolute Gasteiger partial charge is 0.289 e. The fourth-order valence-corrected chi connectivity index (χ4v) is 3.38. The molecule has 2 heterocycles. The number of sulfonamides is 1. The molecule has 1 aromatic heterocycles. The van der Waals surface area contributed by atoms with Crippen molar-refractivity contribution >= 4 is 21.7 Å². The lowest BCUT2D eigenvalue weighted by Crippen LogP contribution is -2.22. The molecular formula is C12H11N5O5S. The van der Waals surface area contributed by atoms with Crippen molar-refractivity contribution in [2.75, 3.05) is 4.72 Å². The number of hydrogen-bond donors (Lipinski definition) is 3. The number of nitro groups is 1. The molecule has 0 spiro atoms. The summed E-state index contributed by atoms with van der Waals surface area (Å²) in [5, 5.41) is 13.9. The van der Waals surface area contributed by atoms with Crippen LogP contribution in [-0.2, 0) is 23.1 Å². The zero-order valence-corrected chi connectivity index (χ0v) is 12.4. The van der Waals surface area contributed by atoms with E-state index in [1.807, 2.05) is 0 Å². The average molecular weight is 337 g/mol. The number of hydrogen-bond acceptors (Lipinski definition) is 7. The third-order valence-corrected chi connectivity index (χ3v) is 4.66. The first-order chi connectivity index (χ1) is 10.9. The number of rotatable bonds is 4. The first-order valence-electron chi connectivity index (χ1n) is 6.47. The molecule has 0 radical (unpaired) electrons. The van der Waals surface area contributed by atoms with E-state index in [9.17, 15) is 23.3 Å². The van der Waals surface area contributed by atoms with Crippen molar-refractivity contribution in [2.24, 2.45) is 0 Å². The van der Waals surface area contributed by atoms with E-state index >= 15 is 0 Å². The van der Waals surface area contributed by atoms with Crippen molar-refractivity contribution in [3.8, 4) is 0 Å². The van der Waals surface area contributed by atoms with E-state index < -0.39 is 31.1 Å². The standard InChI is InChI=1S/C12H11N5O5S/c18-11-7-5-13-6-8(7)14-12(15-11)16-23(21,22)10-4-2-1-3-9(10)17(19)20/h1-4,13H,5-6H2,(H2,14,15,16,18). The number of nitro benzene ring substituents is 1. The summed E-state index contributed by atoms with van der Waals surface area (Å²) in [7, 11) is -4.27. The molecule has 120 valence electrons. The molecule has 3 rings (SSSR count). The normalized spacial score (nSPS) is 13.6. The Morgan fingerprint density at radius 1 is 1.26 bits per heavy atom. The Kier molecular flexibility index (Phi) is 3.58. The van der Waals surface area contributed by atoms with Gasteiger partial charge in [-0.25, -0.2) is 18.1 Å². The Hall–Kier alpha value is -2.79. The van der Waals surface area contributed by atoms with E-state index in [0.717, 1.165) is 12.1 Å². The second-order valence-corrected chi connectivity index (χ2v) is 6.42. The quantitative estimate of drug-likeness (QED) is 0.528. The predicted octanol–water partition coefficient (Wildman–Crippen LogP) is 0.0821. The minimum Gasteiger partial charge on any atom is -0.307 e. The van der Waals surface area contributed by atoms with E-state index in [-0.39, 0.29) is 5.95 Å². The molecule has 0 bridgehead atoms. The van der Waals surface area contributed by atoms with E-state index in [2.05, 4.69) is 20.0 Å². The van der Waals surface area contributed by atoms with Gasteiger partial charge in [-0.05, 0) is 6.07 Å². The topological polar surface area (TPSA) is 147 Å². The van der Waals surface area contributed by atoms with Gasteiger partial charge in [-0.1, -0.05) is 12.1 Å². The molecule has 1 aromatic carbocycles. The van der Waals surface area contributed by atoms with Gasteiger partial charge in [-0.3, -0.25) is 19.9 Å². The lowest BCUT2D eigenvalue weighted by molar-refractivity contribution is -0.387. The third kappa shape index (κ3) is 2.78. The number of fused-ring (bicyclic) bond motifs is 1. The van der Waals surface area contributed by atoms with E-state index in [1.54, 1.807) is 0 Å². The zero-order chi connectivity index (χ0) is 16.6. The maximum absolute atomic E-state index is 12.3. The number of aromatic nitrogens is 2. The van der Waals surface area contributed by atoms with Crippen LogP contribution in [0.25, 0.3) is 0 Å². The summed E-state index contributed by atoms with van der Waals surface area (Å²) in [6.07, 6.45) is 0. The second kappa shape index (κ2) is 5.44. The molecule has 2 aromatic rings. The van der Waals surface area contributed by atoms with Crippen LogP contribution in [0.15, 0.2) is 34.0 Å². The molecule has 0 saturated carbocycles. The molecule has 1 aliphatic heterocycles. The summed E-state index contributed by atoms with van der Waals surface area (Å²) < 4.78 is 26.8. The molecule has 23 heavy (non-hydrogen) atoms. The van der Waals surface area contributed by atoms with Gasteiger partial charge in [0, 0.05) is 19.2 Å². The van der Waals surface area contributed by atoms with Gasteiger partial charge in [0.15, 0.2) is 4.90 Å². The van der Waals surface area contributed by atoms with Crippen LogP contribution >= 0.6 is 0 Å². The highest BCUT2D eigenvalue weighted by Crippen LogP contribution is 2.24. The molecule has 11 heteroatoms. The number of benzene rings is 1. The van der Waals surface area contributed by atoms with E-state index in [1.165, 1.54) is 12.1 Å². The van der Waals surface area contributed by atoms with Gasteiger partial charge in [0.2, 0.25) is 5.95 Å². The summed E-state index contributed by atoms with van der Waals surface area (Å²) >= 11 is 0. The number of para-hydroxylation sites is 1. The van der Waals surface area contributed by atoms with Crippen LogP contribution < -0.4 is 15.6 Å². The van der Waals surface area contributed by atoms with Crippen LogP contribution in [0.5, 0.6) is 0 Å². The van der Waals surface area contributed by atoms with Crippen molar-refractivity contribution in [3.63, 3.8) is 0 Å². The van der Waals surface area contributed by atoms with Gasteiger partial charge in [0.25, 0.3) is 21.3 Å². The summed E-state index contributed by atoms with van der Waals surface area (Å²) in [4.78, 5) is 27.8. The molecule has 0 atom stereocenters. The van der Waals surface area contributed by atoms with Crippen LogP contribution in [0.1, 0.15) is 11.3 Å². The SMILES string of the molecule is O=c1[nH]c(NS(=O)(=O)c2ccccc2[N+](=O)[O-])nc2c1CNC2. The molecule has 10 nitrogen and oxygen atoms in total. The first kappa shape index (κ1) is 15.1. The van der Waals surface area contributed by atoms with Crippen molar-refractivity contribution in [3.05, 3.63) is 56.0 Å². The van der Waals surface area contributed by atoms with Crippen LogP contribution in [0.4, 0.5) is 11.6 Å². The molecule has 0 fully saturated rings. The van der Waals surface area contributed by atoms with Crippen LogP contribution in [0.3, 0.4) is 0 Å². The summed E-state index contributed by atoms with van der Waals surface area (Å²) in [5.41, 5.74) is -0.141. The van der Waals surface area contributed by atoms with Crippen molar-refractivity contribution < 1.29 is 13.3 Å². The predicted molar refractivity (Wildman–Crippen MR) is 79.3 cm³/mol. The lowest BCUT2D eigenvalue weighted by atomic mass is 10.3. The van der Waals surface area contributed by atoms with Crippen LogP contribution in [-0.4, -0.2) is 23.3 Å². The fourth-order valence-electron chi connectivity index (χ4n) is 2.24. The Balaban J connectivity index is 2.02. The van der Waals surface area contributed by atoms with E-state index in [4.69, 9.17) is 0 Å². The first-order valence-corrected chi connectivity index (χ1v) is 7.96. The van der Waals surface area contributed by atoms with E-state index in [0.29, 0.717) is 24.3 Å². The minimum atomic E-state index is -4.27. The largest absolute Gasteiger partial charge is 0.307 e. The van der Waals surface area contributed by atoms with Gasteiger partial charge in [0.05, 0.1) is 16.2 Å². The van der Waals surface area contributed by atoms with Gasteiger partial charge < -0.3 is 5.32 Å². The van der Waals surface area contributed by atoms with Gasteiger partial charge >= 0.3 is 0 Å². The number of aromatic amines is 1. The maximum Gasteiger partial charge on any atom is 0.289 e. The summed E-state index contributed by atoms with van der Waals surface area (Å²) in [6.45, 7) is 0.703. The highest BCUT2D eigenvalue weighted by atomic mass is 32.2. The minimum absolute atomic E-state index is 0.282. The van der Waals surface area contributed by atoms with Gasteiger partial charge in [-0.2, -0.15) is 0 Å². The Morgan fingerprint density at radius 2 is 2.00 bits per heavy atom. The molecule has 0 aliphatic carbocycles. The summed E-state index contributed by atoms with van der Waals surface area (Å²) in [5.74, 6) is -0.282. The summed E-state index contributed by atoms with van der Waals surface area (Å²) in [6, 6.07) is 4.91. The Bertz CT molecular complexity index is 953.